The Morgan fingerprint density at radius 1 is 1.23 bits per heavy atom. The first kappa shape index (κ1) is 22.8. The predicted octanol–water partition coefficient (Wildman–Crippen LogP) is 2.74. The van der Waals surface area contributed by atoms with Gasteiger partial charge in [-0.3, -0.25) is 9.59 Å². The molecule has 2 aromatic heterocycles. The lowest BCUT2D eigenvalue weighted by molar-refractivity contribution is -0.121. The molecule has 1 aromatic carbocycles. The summed E-state index contributed by atoms with van der Waals surface area (Å²) in [7, 11) is 3.41. The molecule has 0 spiro atoms. The van der Waals surface area contributed by atoms with Crippen molar-refractivity contribution in [2.24, 2.45) is 7.05 Å². The molecule has 0 saturated heterocycles. The molecule has 0 bridgehead atoms. The van der Waals surface area contributed by atoms with Gasteiger partial charge in [0.05, 0.1) is 31.0 Å². The molecule has 11 heteroatoms. The number of aromatic nitrogens is 4. The molecule has 31 heavy (non-hydrogen) atoms. The Balaban J connectivity index is 1.51. The average molecular weight is 461 g/mol. The number of methoxy groups -OCH3 is 1. The molecule has 1 atom stereocenters. The minimum atomic E-state index is -0.329. The van der Waals surface area contributed by atoms with Crippen LogP contribution in [0.3, 0.4) is 0 Å². The van der Waals surface area contributed by atoms with Crippen LogP contribution >= 0.6 is 23.1 Å². The fourth-order valence-electron chi connectivity index (χ4n) is 2.81. The molecule has 0 aliphatic rings. The average Bonchev–Trinajstić information content (AvgIpc) is 3.31. The molecule has 3 rings (SSSR count). The summed E-state index contributed by atoms with van der Waals surface area (Å²) in [6.45, 7) is 3.72. The lowest BCUT2D eigenvalue weighted by Crippen LogP contribution is -2.29. The zero-order valence-electron chi connectivity index (χ0n) is 17.7. The topological polar surface area (TPSA) is 111 Å². The molecule has 0 aliphatic carbocycles. The molecule has 3 aromatic rings. The van der Waals surface area contributed by atoms with Gasteiger partial charge in [-0.05, 0) is 31.5 Å². The fraction of sp³-hybridized carbons (Fsp3) is 0.350. The van der Waals surface area contributed by atoms with Gasteiger partial charge in [-0.25, -0.2) is 4.98 Å². The van der Waals surface area contributed by atoms with Crippen LogP contribution in [-0.2, 0) is 23.1 Å². The van der Waals surface area contributed by atoms with Crippen molar-refractivity contribution in [1.82, 2.24) is 25.1 Å². The number of amides is 2. The van der Waals surface area contributed by atoms with Gasteiger partial charge in [0, 0.05) is 12.4 Å². The monoisotopic (exact) mass is 460 g/mol. The van der Waals surface area contributed by atoms with Gasteiger partial charge in [-0.2, -0.15) is 0 Å². The van der Waals surface area contributed by atoms with Crippen LogP contribution in [0, 0.1) is 6.92 Å². The number of nitrogens with zero attached hydrogens (tertiary/aromatic N) is 4. The van der Waals surface area contributed by atoms with E-state index in [1.807, 2.05) is 50.5 Å². The van der Waals surface area contributed by atoms with Crippen molar-refractivity contribution < 1.29 is 14.3 Å². The number of aryl methyl sites for hydroxylation is 1. The van der Waals surface area contributed by atoms with Gasteiger partial charge < -0.3 is 19.9 Å². The molecule has 164 valence electrons. The van der Waals surface area contributed by atoms with E-state index in [-0.39, 0.29) is 30.0 Å². The lowest BCUT2D eigenvalue weighted by atomic mass is 10.1. The molecular weight excluding hydrogens is 436 g/mol. The van der Waals surface area contributed by atoms with Crippen LogP contribution in [0.2, 0.25) is 0 Å². The second-order valence-corrected chi connectivity index (χ2v) is 8.65. The summed E-state index contributed by atoms with van der Waals surface area (Å²) in [6, 6.07) is 7.04. The molecular formula is C20H24N6O3S2. The number of hydrogen-bond acceptors (Lipinski definition) is 8. The lowest BCUT2D eigenvalue weighted by Gasteiger charge is -2.13. The minimum absolute atomic E-state index is 0.118. The van der Waals surface area contributed by atoms with E-state index in [9.17, 15) is 9.59 Å². The first-order chi connectivity index (χ1) is 14.9. The summed E-state index contributed by atoms with van der Waals surface area (Å²) in [5.41, 5.74) is 1.76. The van der Waals surface area contributed by atoms with Crippen molar-refractivity contribution in [2.45, 2.75) is 31.5 Å². The zero-order valence-corrected chi connectivity index (χ0v) is 19.3. The summed E-state index contributed by atoms with van der Waals surface area (Å²) in [5.74, 6) is 1.26. The summed E-state index contributed by atoms with van der Waals surface area (Å²) < 4.78 is 6.91. The Kier molecular flexibility index (Phi) is 7.64. The van der Waals surface area contributed by atoms with Crippen molar-refractivity contribution in [3.8, 4) is 5.75 Å². The number of anilines is 1. The quantitative estimate of drug-likeness (QED) is 0.472. The molecule has 9 nitrogen and oxygen atoms in total. The van der Waals surface area contributed by atoms with E-state index in [1.165, 1.54) is 23.1 Å². The third-order valence-corrected chi connectivity index (χ3v) is 6.25. The third-order valence-electron chi connectivity index (χ3n) is 4.35. The smallest absolute Gasteiger partial charge is 0.236 e. The van der Waals surface area contributed by atoms with Gasteiger partial charge in [0.15, 0.2) is 16.1 Å². The number of benzene rings is 1. The number of thiazole rings is 1. The van der Waals surface area contributed by atoms with E-state index in [0.29, 0.717) is 16.1 Å². The van der Waals surface area contributed by atoms with E-state index in [2.05, 4.69) is 25.8 Å². The first-order valence-electron chi connectivity index (χ1n) is 9.52. The van der Waals surface area contributed by atoms with Crippen molar-refractivity contribution in [2.75, 3.05) is 18.2 Å². The summed E-state index contributed by atoms with van der Waals surface area (Å²) in [4.78, 5) is 28.7. The van der Waals surface area contributed by atoms with Crippen LogP contribution in [0.4, 0.5) is 5.13 Å². The maximum Gasteiger partial charge on any atom is 0.236 e. The molecule has 2 heterocycles. The van der Waals surface area contributed by atoms with Crippen LogP contribution < -0.4 is 15.4 Å². The van der Waals surface area contributed by atoms with E-state index < -0.39 is 0 Å². The standard InChI is InChI=1S/C20H24N6O3S2/c1-12-10-30-19(21-12)23-17(28)11-31-20-25-24-18(26(20)3)13(2)22-16(27)9-14-5-7-15(29-4)8-6-14/h5-8,10,13H,9,11H2,1-4H3,(H,22,27)(H,21,23,28)/t13-/m0/s1. The SMILES string of the molecule is COc1ccc(CC(=O)N[C@@H](C)c2nnc(SCC(=O)Nc3nc(C)cs3)n2C)cc1. The van der Waals surface area contributed by atoms with Crippen LogP contribution in [-0.4, -0.2) is 44.4 Å². The maximum absolute atomic E-state index is 12.4. The van der Waals surface area contributed by atoms with Crippen molar-refractivity contribution >= 4 is 40.0 Å². The zero-order chi connectivity index (χ0) is 22.4. The summed E-state index contributed by atoms with van der Waals surface area (Å²) in [5, 5.41) is 17.1. The molecule has 0 aliphatic heterocycles. The van der Waals surface area contributed by atoms with Crippen LogP contribution in [0.15, 0.2) is 34.8 Å². The molecule has 0 unspecified atom stereocenters. The normalized spacial score (nSPS) is 11.7. The van der Waals surface area contributed by atoms with Crippen molar-refractivity contribution in [3.05, 3.63) is 46.7 Å². The van der Waals surface area contributed by atoms with E-state index in [0.717, 1.165) is 17.0 Å². The van der Waals surface area contributed by atoms with Crippen molar-refractivity contribution in [3.63, 3.8) is 0 Å². The number of rotatable bonds is 9. The third kappa shape index (κ3) is 6.28. The van der Waals surface area contributed by atoms with Crippen molar-refractivity contribution in [1.29, 1.82) is 0 Å². The summed E-state index contributed by atoms with van der Waals surface area (Å²) in [6.07, 6.45) is 0.254. The summed E-state index contributed by atoms with van der Waals surface area (Å²) >= 11 is 2.66. The molecule has 2 amide bonds. The largest absolute Gasteiger partial charge is 0.497 e. The van der Waals surface area contributed by atoms with E-state index in [1.54, 1.807) is 11.7 Å². The number of ether oxygens (including phenoxy) is 1. The van der Waals surface area contributed by atoms with Crippen LogP contribution in [0.1, 0.15) is 30.0 Å². The predicted molar refractivity (Wildman–Crippen MR) is 120 cm³/mol. The van der Waals surface area contributed by atoms with Crippen LogP contribution in [0.5, 0.6) is 5.75 Å². The van der Waals surface area contributed by atoms with Crippen LogP contribution in [0.25, 0.3) is 0 Å². The second kappa shape index (κ2) is 10.4. The maximum atomic E-state index is 12.4. The Labute approximate surface area is 188 Å². The van der Waals surface area contributed by atoms with Gasteiger partial charge in [0.25, 0.3) is 0 Å². The number of thioether (sulfide) groups is 1. The highest BCUT2D eigenvalue weighted by atomic mass is 32.2. The van der Waals surface area contributed by atoms with E-state index in [4.69, 9.17) is 4.74 Å². The minimum Gasteiger partial charge on any atom is -0.497 e. The molecule has 0 saturated carbocycles. The second-order valence-electron chi connectivity index (χ2n) is 6.84. The van der Waals surface area contributed by atoms with Gasteiger partial charge >= 0.3 is 0 Å². The highest BCUT2D eigenvalue weighted by Gasteiger charge is 2.18. The first-order valence-corrected chi connectivity index (χ1v) is 11.4. The number of hydrogen-bond donors (Lipinski definition) is 2. The van der Waals surface area contributed by atoms with E-state index >= 15 is 0 Å². The van der Waals surface area contributed by atoms with Gasteiger partial charge in [0.1, 0.15) is 5.75 Å². The van der Waals surface area contributed by atoms with Gasteiger partial charge in [0.2, 0.25) is 11.8 Å². The number of carbonyl (C=O) groups excluding carboxylic acids is 2. The highest BCUT2D eigenvalue weighted by Crippen LogP contribution is 2.20. The molecule has 0 radical (unpaired) electrons. The fourth-order valence-corrected chi connectivity index (χ4v) is 4.23. The Morgan fingerprint density at radius 2 is 1.97 bits per heavy atom. The highest BCUT2D eigenvalue weighted by molar-refractivity contribution is 7.99. The number of carbonyl (C=O) groups is 2. The molecule has 2 N–H and O–H groups in total. The Bertz CT molecular complexity index is 1050. The molecule has 0 fully saturated rings. The van der Waals surface area contributed by atoms with Gasteiger partial charge in [-0.15, -0.1) is 21.5 Å². The number of nitrogens with one attached hydrogen (secondary N) is 2. The Hall–Kier alpha value is -2.92. The Morgan fingerprint density at radius 3 is 2.61 bits per heavy atom. The van der Waals surface area contributed by atoms with Gasteiger partial charge in [-0.1, -0.05) is 23.9 Å².